The molecule has 0 aliphatic heterocycles. The van der Waals surface area contributed by atoms with Crippen LogP contribution in [0.3, 0.4) is 0 Å². The molecule has 0 aromatic carbocycles. The van der Waals surface area contributed by atoms with Crippen LogP contribution in [0.2, 0.25) is 0 Å². The summed E-state index contributed by atoms with van der Waals surface area (Å²) in [4.78, 5) is 73.1. The van der Waals surface area contributed by atoms with Gasteiger partial charge in [-0.05, 0) is 122 Å². The number of hydrogen-bond donors (Lipinski definition) is 3. The van der Waals surface area contributed by atoms with Gasteiger partial charge in [0.1, 0.15) is 19.3 Å². The first-order valence-electron chi connectivity index (χ1n) is 41.5. The summed E-state index contributed by atoms with van der Waals surface area (Å²) in [6.07, 6.45) is 82.3. The minimum absolute atomic E-state index is 0.0770. The van der Waals surface area contributed by atoms with E-state index < -0.39 is 97.5 Å². The summed E-state index contributed by atoms with van der Waals surface area (Å²) in [5.41, 5.74) is 0. The Morgan fingerprint density at radius 2 is 0.510 bits per heavy atom. The predicted octanol–water partition coefficient (Wildman–Crippen LogP) is 24.3. The Bertz CT molecular complexity index is 2350. The lowest BCUT2D eigenvalue weighted by Gasteiger charge is -2.21. The fraction of sp³-hybridized carbons (Fsp3) is 0.765. The van der Waals surface area contributed by atoms with Crippen LogP contribution in [0.5, 0.6) is 0 Å². The van der Waals surface area contributed by atoms with Crippen LogP contribution in [-0.4, -0.2) is 96.7 Å². The number of hydrogen-bond acceptors (Lipinski definition) is 15. The molecular formula is C85H150O17P2. The van der Waals surface area contributed by atoms with Gasteiger partial charge in [-0.3, -0.25) is 37.3 Å². The molecule has 0 aromatic heterocycles. The molecule has 0 amide bonds. The summed E-state index contributed by atoms with van der Waals surface area (Å²) < 4.78 is 68.7. The second kappa shape index (κ2) is 77.1. The zero-order valence-corrected chi connectivity index (χ0v) is 67.7. The van der Waals surface area contributed by atoms with E-state index in [0.717, 1.165) is 180 Å². The van der Waals surface area contributed by atoms with Crippen molar-refractivity contribution in [1.82, 2.24) is 0 Å². The third-order valence-corrected chi connectivity index (χ3v) is 19.4. The molecule has 602 valence electrons. The second-order valence-corrected chi connectivity index (χ2v) is 30.6. The third-order valence-electron chi connectivity index (χ3n) is 17.5. The molecule has 5 atom stereocenters. The van der Waals surface area contributed by atoms with Gasteiger partial charge in [-0.25, -0.2) is 9.13 Å². The summed E-state index contributed by atoms with van der Waals surface area (Å²) in [5.74, 6) is -2.19. The van der Waals surface area contributed by atoms with Gasteiger partial charge in [-0.1, -0.05) is 311 Å². The van der Waals surface area contributed by atoms with Gasteiger partial charge in [0.25, 0.3) is 0 Å². The number of unbranched alkanes of at least 4 members (excludes halogenated alkanes) is 36. The maximum Gasteiger partial charge on any atom is 0.472 e. The van der Waals surface area contributed by atoms with Gasteiger partial charge in [-0.15, -0.1) is 0 Å². The fourth-order valence-corrected chi connectivity index (χ4v) is 12.8. The van der Waals surface area contributed by atoms with Crippen LogP contribution in [-0.2, 0) is 65.4 Å². The van der Waals surface area contributed by atoms with E-state index >= 15 is 0 Å². The average molecular weight is 1510 g/mol. The Kier molecular flexibility index (Phi) is 74.2. The normalized spacial score (nSPS) is 14.3. The first-order valence-corrected chi connectivity index (χ1v) is 44.5. The van der Waals surface area contributed by atoms with E-state index in [-0.39, 0.29) is 25.7 Å². The molecule has 0 aromatic rings. The molecule has 3 N–H and O–H groups in total. The summed E-state index contributed by atoms with van der Waals surface area (Å²) in [6.45, 7) is 4.72. The molecule has 0 saturated heterocycles. The molecule has 0 rings (SSSR count). The highest BCUT2D eigenvalue weighted by Crippen LogP contribution is 2.45. The summed E-state index contributed by atoms with van der Waals surface area (Å²) in [6, 6.07) is 0. The van der Waals surface area contributed by atoms with E-state index in [4.69, 9.17) is 37.0 Å². The van der Waals surface area contributed by atoms with Crippen molar-refractivity contribution in [3.63, 3.8) is 0 Å². The van der Waals surface area contributed by atoms with E-state index in [0.29, 0.717) is 25.7 Å². The molecule has 0 saturated carbocycles. The Hall–Kier alpha value is -4.02. The standard InChI is InChI=1S/C85H150O17P2/c1-5-9-13-17-21-25-29-32-35-37-39-41-44-47-51-54-58-62-66-70-83(88)96-76-81(102-85(90)72-68-64-60-56-52-48-45-42-40-38-36-33-30-26-22-18-14-10-6-2)78-100-104(93,94)98-74-79(86)73-97-103(91,92)99-77-80(101-84(89)71-67-63-59-55-49-28-24-20-16-12-8-4)75-95-82(87)69-65-61-57-53-50-46-43-34-31-27-23-19-15-11-7-3/h9,13,20-22,24-26,32-33,35-36,39-42,79-81,86H,5-8,10-12,14-19,23,27-31,34,37-38,43-78H2,1-4H3,(H,91,92)(H,93,94)/b13-9-,24-20-,25-21-,26-22-,35-32-,36-33-,41-39-,42-40-. The number of rotatable bonds is 78. The van der Waals surface area contributed by atoms with Gasteiger partial charge in [0.2, 0.25) is 0 Å². The maximum atomic E-state index is 13.1. The highest BCUT2D eigenvalue weighted by atomic mass is 31.2. The van der Waals surface area contributed by atoms with Gasteiger partial charge in [0, 0.05) is 25.7 Å². The molecule has 5 unspecified atom stereocenters. The maximum absolute atomic E-state index is 13.1. The highest BCUT2D eigenvalue weighted by molar-refractivity contribution is 7.47. The van der Waals surface area contributed by atoms with Crippen molar-refractivity contribution in [2.24, 2.45) is 0 Å². The van der Waals surface area contributed by atoms with Gasteiger partial charge in [0.05, 0.1) is 26.4 Å². The first kappa shape index (κ1) is 100.0. The van der Waals surface area contributed by atoms with Crippen molar-refractivity contribution in [2.45, 2.75) is 380 Å². The van der Waals surface area contributed by atoms with Crippen LogP contribution >= 0.6 is 15.6 Å². The number of aliphatic hydroxyl groups excluding tert-OH is 1. The number of esters is 4. The lowest BCUT2D eigenvalue weighted by molar-refractivity contribution is -0.161. The van der Waals surface area contributed by atoms with Gasteiger partial charge in [-0.2, -0.15) is 0 Å². The molecule has 0 spiro atoms. The van der Waals surface area contributed by atoms with E-state index in [2.05, 4.69) is 125 Å². The van der Waals surface area contributed by atoms with E-state index in [1.165, 1.54) is 103 Å². The Morgan fingerprint density at radius 3 is 0.827 bits per heavy atom. The number of allylic oxidation sites excluding steroid dienone is 16. The lowest BCUT2D eigenvalue weighted by Crippen LogP contribution is -2.30. The minimum atomic E-state index is -4.99. The van der Waals surface area contributed by atoms with Crippen molar-refractivity contribution >= 4 is 39.5 Å². The van der Waals surface area contributed by atoms with Crippen molar-refractivity contribution in [1.29, 1.82) is 0 Å². The lowest BCUT2D eigenvalue weighted by atomic mass is 10.0. The van der Waals surface area contributed by atoms with Crippen molar-refractivity contribution in [3.05, 3.63) is 97.2 Å². The van der Waals surface area contributed by atoms with Gasteiger partial charge < -0.3 is 33.8 Å². The summed E-state index contributed by atoms with van der Waals surface area (Å²) in [7, 11) is -9.96. The second-order valence-electron chi connectivity index (χ2n) is 27.7. The Balaban J connectivity index is 5.34. The zero-order chi connectivity index (χ0) is 76.0. The van der Waals surface area contributed by atoms with E-state index in [1.54, 1.807) is 0 Å². The van der Waals surface area contributed by atoms with Crippen molar-refractivity contribution in [2.75, 3.05) is 39.6 Å². The number of ether oxygens (including phenoxy) is 4. The third kappa shape index (κ3) is 76.2. The molecule has 19 heteroatoms. The molecule has 0 bridgehead atoms. The predicted molar refractivity (Wildman–Crippen MR) is 427 cm³/mol. The minimum Gasteiger partial charge on any atom is -0.462 e. The number of carbonyl (C=O) groups is 4. The van der Waals surface area contributed by atoms with Crippen LogP contribution < -0.4 is 0 Å². The molecule has 0 fully saturated rings. The van der Waals surface area contributed by atoms with Gasteiger partial charge >= 0.3 is 39.5 Å². The average Bonchev–Trinajstić information content (AvgIpc) is 0.928. The Morgan fingerprint density at radius 1 is 0.279 bits per heavy atom. The van der Waals surface area contributed by atoms with Crippen LogP contribution in [0, 0.1) is 0 Å². The summed E-state index contributed by atoms with van der Waals surface area (Å²) in [5, 5.41) is 10.6. The molecule has 0 heterocycles. The fourth-order valence-electron chi connectivity index (χ4n) is 11.2. The Labute approximate surface area is 633 Å². The van der Waals surface area contributed by atoms with Crippen LogP contribution in [0.1, 0.15) is 362 Å². The van der Waals surface area contributed by atoms with E-state index in [9.17, 15) is 43.2 Å². The molecular weight excluding hydrogens is 1350 g/mol. The molecule has 0 radical (unpaired) electrons. The molecule has 0 aliphatic carbocycles. The number of carbonyl (C=O) groups excluding carboxylic acids is 4. The van der Waals surface area contributed by atoms with Crippen LogP contribution in [0.25, 0.3) is 0 Å². The zero-order valence-electron chi connectivity index (χ0n) is 65.9. The molecule has 0 aliphatic rings. The molecule has 17 nitrogen and oxygen atoms in total. The van der Waals surface area contributed by atoms with E-state index in [1.807, 2.05) is 0 Å². The van der Waals surface area contributed by atoms with Crippen LogP contribution in [0.15, 0.2) is 97.2 Å². The van der Waals surface area contributed by atoms with Crippen molar-refractivity contribution in [3.8, 4) is 0 Å². The summed E-state index contributed by atoms with van der Waals surface area (Å²) >= 11 is 0. The van der Waals surface area contributed by atoms with Crippen LogP contribution in [0.4, 0.5) is 0 Å². The monoisotopic (exact) mass is 1510 g/mol. The number of phosphoric acid groups is 2. The molecule has 104 heavy (non-hydrogen) atoms. The smallest absolute Gasteiger partial charge is 0.462 e. The van der Waals surface area contributed by atoms with Gasteiger partial charge in [0.15, 0.2) is 12.2 Å². The SMILES string of the molecule is CC/C=C\C/C=C\C/C=C\C/C=C\CCCCCCCCC(=O)OCC(COP(=O)(O)OCC(O)COP(=O)(O)OCC(COC(=O)CCCCCCCCCCCCCCCCC)OC(=O)CCCCCCC/C=C\CCCC)OC(=O)CCCCCCCC/C=C\C/C=C\C/C=C\CCCCC. The topological polar surface area (TPSA) is 237 Å². The first-order chi connectivity index (χ1) is 50.7. The number of aliphatic hydroxyl groups is 1. The largest absolute Gasteiger partial charge is 0.472 e. The number of phosphoric ester groups is 2. The highest BCUT2D eigenvalue weighted by Gasteiger charge is 2.30. The quantitative estimate of drug-likeness (QED) is 0.0169. The van der Waals surface area contributed by atoms with Crippen molar-refractivity contribution < 1.29 is 80.2 Å².